The van der Waals surface area contributed by atoms with Crippen LogP contribution in [0.3, 0.4) is 0 Å². The molecule has 0 aliphatic carbocycles. The third kappa shape index (κ3) is 3.20. The maximum Gasteiger partial charge on any atom is 0.318 e. The first-order valence-corrected chi connectivity index (χ1v) is 4.47. The number of allylic oxidation sites excluding steroid dienone is 2. The van der Waals surface area contributed by atoms with E-state index in [-0.39, 0.29) is 0 Å². The van der Waals surface area contributed by atoms with Gasteiger partial charge in [-0.05, 0) is 0 Å². The van der Waals surface area contributed by atoms with E-state index in [1.54, 1.807) is 6.08 Å². The highest BCUT2D eigenvalue weighted by molar-refractivity contribution is 7.15. The Bertz CT molecular complexity index is 391. The highest BCUT2D eigenvalue weighted by atomic mass is 32.1. The molecule has 0 spiro atoms. The van der Waals surface area contributed by atoms with E-state index in [4.69, 9.17) is 11.0 Å². The maximum absolute atomic E-state index is 10.4. The molecule has 0 bridgehead atoms. The summed E-state index contributed by atoms with van der Waals surface area (Å²) in [5.41, 5.74) is 4.89. The first-order valence-electron chi connectivity index (χ1n) is 3.66. The largest absolute Gasteiger partial charge is 0.351 e. The van der Waals surface area contributed by atoms with Crippen molar-refractivity contribution in [2.75, 3.05) is 5.32 Å². The number of rotatable bonds is 3. The van der Waals surface area contributed by atoms with Crippen LogP contribution in [0.1, 0.15) is 5.01 Å². The van der Waals surface area contributed by atoms with Crippen molar-refractivity contribution in [3.05, 3.63) is 17.2 Å². The van der Waals surface area contributed by atoms with Gasteiger partial charge in [0.15, 0.2) is 0 Å². The van der Waals surface area contributed by atoms with Gasteiger partial charge < -0.3 is 5.73 Å². The number of nitriles is 1. The van der Waals surface area contributed by atoms with Crippen molar-refractivity contribution in [1.82, 2.24) is 10.2 Å². The third-order valence-corrected chi connectivity index (χ3v) is 2.04. The summed E-state index contributed by atoms with van der Waals surface area (Å²) >= 11 is 1.22. The van der Waals surface area contributed by atoms with Crippen LogP contribution in [0.5, 0.6) is 0 Å². The van der Waals surface area contributed by atoms with Crippen molar-refractivity contribution in [3.8, 4) is 6.07 Å². The molecule has 3 N–H and O–H groups in total. The van der Waals surface area contributed by atoms with E-state index in [1.807, 2.05) is 6.07 Å². The van der Waals surface area contributed by atoms with Gasteiger partial charge in [0.1, 0.15) is 5.01 Å². The number of amides is 2. The van der Waals surface area contributed by atoms with Crippen molar-refractivity contribution in [3.63, 3.8) is 0 Å². The van der Waals surface area contributed by atoms with Crippen LogP contribution < -0.4 is 11.1 Å². The third-order valence-electron chi connectivity index (χ3n) is 1.18. The van der Waals surface area contributed by atoms with Crippen molar-refractivity contribution in [2.45, 2.75) is 6.42 Å². The Balaban J connectivity index is 2.56. The average molecular weight is 209 g/mol. The van der Waals surface area contributed by atoms with Crippen LogP contribution in [0.15, 0.2) is 12.2 Å². The summed E-state index contributed by atoms with van der Waals surface area (Å²) in [6, 6.07) is 1.20. The van der Waals surface area contributed by atoms with Gasteiger partial charge in [0.25, 0.3) is 0 Å². The van der Waals surface area contributed by atoms with Gasteiger partial charge in [-0.25, -0.2) is 4.79 Å². The second-order valence-electron chi connectivity index (χ2n) is 2.23. The Morgan fingerprint density at radius 1 is 1.71 bits per heavy atom. The number of nitrogens with two attached hydrogens (primary N) is 1. The van der Waals surface area contributed by atoms with E-state index >= 15 is 0 Å². The van der Waals surface area contributed by atoms with E-state index in [1.165, 1.54) is 17.4 Å². The summed E-state index contributed by atoms with van der Waals surface area (Å²) < 4.78 is 0. The number of hydrogen-bond donors (Lipinski definition) is 2. The lowest BCUT2D eigenvalue weighted by atomic mass is 10.4. The Kier molecular flexibility index (Phi) is 3.58. The number of nitrogens with one attached hydrogen (secondary N) is 1. The molecule has 14 heavy (non-hydrogen) atoms. The molecule has 7 heteroatoms. The summed E-state index contributed by atoms with van der Waals surface area (Å²) in [6.07, 6.45) is 3.54. The maximum atomic E-state index is 10.4. The minimum Gasteiger partial charge on any atom is -0.351 e. The van der Waals surface area contributed by atoms with Crippen LogP contribution in [-0.4, -0.2) is 16.2 Å². The minimum absolute atomic E-state index is 0.359. The van der Waals surface area contributed by atoms with Crippen LogP contribution >= 0.6 is 11.3 Å². The standard InChI is InChI=1S/C7H7N5OS/c8-4-2-1-3-5-11-12-7(14-5)10-6(9)13/h1-2H,3H2,(H3,9,10,12,13). The molecule has 0 unspecified atom stereocenters. The van der Waals surface area contributed by atoms with Gasteiger partial charge in [-0.2, -0.15) is 5.26 Å². The summed E-state index contributed by atoms with van der Waals surface area (Å²) in [6.45, 7) is 0. The number of carbonyl (C=O) groups is 1. The summed E-state index contributed by atoms with van der Waals surface area (Å²) in [5, 5.41) is 19.1. The number of primary amides is 1. The lowest BCUT2D eigenvalue weighted by molar-refractivity contribution is 0.259. The monoisotopic (exact) mass is 209 g/mol. The molecule has 1 heterocycles. The van der Waals surface area contributed by atoms with Crippen LogP contribution in [0.4, 0.5) is 9.93 Å². The first-order chi connectivity index (χ1) is 6.72. The fraction of sp³-hybridized carbons (Fsp3) is 0.143. The Labute approximate surface area is 84.1 Å². The molecule has 0 saturated heterocycles. The number of hydrogen-bond acceptors (Lipinski definition) is 5. The molecule has 0 aliphatic rings. The molecule has 0 saturated carbocycles. The molecule has 72 valence electrons. The molecule has 0 fully saturated rings. The van der Waals surface area contributed by atoms with Gasteiger partial charge in [0.05, 0.1) is 6.07 Å². The zero-order valence-corrected chi connectivity index (χ0v) is 7.91. The zero-order valence-electron chi connectivity index (χ0n) is 7.10. The van der Waals surface area contributed by atoms with Crippen molar-refractivity contribution in [2.24, 2.45) is 5.73 Å². The Hall–Kier alpha value is -1.94. The van der Waals surface area contributed by atoms with Crippen LogP contribution in [0.2, 0.25) is 0 Å². The molecular weight excluding hydrogens is 202 g/mol. The number of carbonyl (C=O) groups excluding carboxylic acids is 1. The summed E-state index contributed by atoms with van der Waals surface area (Å²) in [4.78, 5) is 10.4. The van der Waals surface area contributed by atoms with Gasteiger partial charge in [-0.15, -0.1) is 10.2 Å². The van der Waals surface area contributed by atoms with Crippen molar-refractivity contribution >= 4 is 22.5 Å². The lowest BCUT2D eigenvalue weighted by Gasteiger charge is -1.90. The van der Waals surface area contributed by atoms with E-state index < -0.39 is 6.03 Å². The number of urea groups is 1. The second kappa shape index (κ2) is 4.94. The van der Waals surface area contributed by atoms with Gasteiger partial charge in [-0.3, -0.25) is 5.32 Å². The van der Waals surface area contributed by atoms with Gasteiger partial charge in [0, 0.05) is 12.5 Å². The van der Waals surface area contributed by atoms with Gasteiger partial charge >= 0.3 is 6.03 Å². The topological polar surface area (TPSA) is 105 Å². The normalized spacial score (nSPS) is 9.93. The molecule has 0 aliphatic heterocycles. The fourth-order valence-electron chi connectivity index (χ4n) is 0.704. The molecule has 2 amide bonds. The molecule has 0 radical (unpaired) electrons. The number of nitrogens with zero attached hydrogens (tertiary/aromatic N) is 3. The van der Waals surface area contributed by atoms with Gasteiger partial charge in [0.2, 0.25) is 5.13 Å². The number of anilines is 1. The fourth-order valence-corrected chi connectivity index (χ4v) is 1.42. The lowest BCUT2D eigenvalue weighted by Crippen LogP contribution is -2.18. The molecule has 0 atom stereocenters. The molecule has 0 aromatic carbocycles. The van der Waals surface area contributed by atoms with Crippen LogP contribution in [-0.2, 0) is 6.42 Å². The second-order valence-corrected chi connectivity index (χ2v) is 3.29. The van der Waals surface area contributed by atoms with Crippen LogP contribution in [0, 0.1) is 11.3 Å². The van der Waals surface area contributed by atoms with E-state index in [9.17, 15) is 4.79 Å². The smallest absolute Gasteiger partial charge is 0.318 e. The first kappa shape index (κ1) is 10.1. The highest BCUT2D eigenvalue weighted by Crippen LogP contribution is 2.15. The van der Waals surface area contributed by atoms with Crippen LogP contribution in [0.25, 0.3) is 0 Å². The Morgan fingerprint density at radius 3 is 3.14 bits per heavy atom. The van der Waals surface area contributed by atoms with E-state index in [0.717, 1.165) is 0 Å². The molecule has 1 rings (SSSR count). The van der Waals surface area contributed by atoms with Crippen molar-refractivity contribution < 1.29 is 4.79 Å². The molecular formula is C7H7N5OS. The minimum atomic E-state index is -0.666. The van der Waals surface area contributed by atoms with Crippen molar-refractivity contribution in [1.29, 1.82) is 5.26 Å². The molecule has 1 aromatic rings. The summed E-state index contributed by atoms with van der Waals surface area (Å²) in [7, 11) is 0. The number of aromatic nitrogens is 2. The quantitative estimate of drug-likeness (QED) is 0.713. The predicted molar refractivity (Wildman–Crippen MR) is 51.6 cm³/mol. The highest BCUT2D eigenvalue weighted by Gasteiger charge is 2.03. The van der Waals surface area contributed by atoms with E-state index in [2.05, 4.69) is 15.5 Å². The molecule has 6 nitrogen and oxygen atoms in total. The van der Waals surface area contributed by atoms with E-state index in [0.29, 0.717) is 16.6 Å². The zero-order chi connectivity index (χ0) is 10.4. The predicted octanol–water partition coefficient (Wildman–Crippen LogP) is 0.651. The SMILES string of the molecule is N#CC=CCc1nnc(NC(N)=O)s1. The average Bonchev–Trinajstić information content (AvgIpc) is 2.52. The Morgan fingerprint density at radius 2 is 2.50 bits per heavy atom. The summed E-state index contributed by atoms with van der Waals surface area (Å²) in [5.74, 6) is 0. The van der Waals surface area contributed by atoms with Gasteiger partial charge in [-0.1, -0.05) is 17.4 Å². The molecule has 1 aromatic heterocycles.